The van der Waals surface area contributed by atoms with Crippen molar-refractivity contribution in [2.45, 2.75) is 64.6 Å². The molecule has 0 spiro atoms. The average Bonchev–Trinajstić information content (AvgIpc) is 2.16. The third-order valence-electron chi connectivity index (χ3n) is 2.73. The second kappa shape index (κ2) is 6.87. The first kappa shape index (κ1) is 14.5. The van der Waals surface area contributed by atoms with Crippen molar-refractivity contribution in [2.24, 2.45) is 0 Å². The minimum atomic E-state index is -0.0686. The molecule has 1 N–H and O–H groups in total. The molecule has 0 radical (unpaired) electrons. The van der Waals surface area contributed by atoms with E-state index >= 15 is 0 Å². The van der Waals surface area contributed by atoms with Crippen LogP contribution in [0.15, 0.2) is 0 Å². The van der Waals surface area contributed by atoms with Crippen molar-refractivity contribution in [3.63, 3.8) is 0 Å². The minimum Gasteiger partial charge on any atom is -0.379 e. The van der Waals surface area contributed by atoms with Gasteiger partial charge in [-0.05, 0) is 33.6 Å². The van der Waals surface area contributed by atoms with Gasteiger partial charge in [-0.2, -0.15) is 0 Å². The lowest BCUT2D eigenvalue weighted by molar-refractivity contribution is 0.00769. The molecular weight excluding hydrogens is 186 g/mol. The van der Waals surface area contributed by atoms with Crippen molar-refractivity contribution in [3.05, 3.63) is 0 Å². The molecule has 0 aromatic rings. The van der Waals surface area contributed by atoms with Crippen molar-refractivity contribution < 1.29 is 4.74 Å². The fourth-order valence-electron chi connectivity index (χ4n) is 1.75. The Morgan fingerprint density at radius 2 is 2.07 bits per heavy atom. The van der Waals surface area contributed by atoms with Gasteiger partial charge in [0, 0.05) is 25.6 Å². The predicted molar refractivity (Wildman–Crippen MR) is 65.8 cm³/mol. The molecule has 2 nitrogen and oxygen atoms in total. The van der Waals surface area contributed by atoms with E-state index in [1.54, 1.807) is 7.11 Å². The zero-order valence-corrected chi connectivity index (χ0v) is 10.8. The Labute approximate surface area is 94.8 Å². The third-order valence-corrected chi connectivity index (χ3v) is 2.73. The molecule has 0 aromatic heterocycles. The van der Waals surface area contributed by atoms with Crippen LogP contribution in [0, 0.1) is 12.3 Å². The molecule has 0 saturated carbocycles. The molecule has 88 valence electrons. The summed E-state index contributed by atoms with van der Waals surface area (Å²) < 4.78 is 5.40. The lowest BCUT2D eigenvalue weighted by Crippen LogP contribution is -2.40. The maximum Gasteiger partial charge on any atom is 0.0637 e. The summed E-state index contributed by atoms with van der Waals surface area (Å²) in [4.78, 5) is 0. The summed E-state index contributed by atoms with van der Waals surface area (Å²) in [6, 6.07) is 0.857. The summed E-state index contributed by atoms with van der Waals surface area (Å²) in [6.07, 6.45) is 8.18. The maximum absolute atomic E-state index is 5.40. The van der Waals surface area contributed by atoms with Gasteiger partial charge in [0.1, 0.15) is 0 Å². The van der Waals surface area contributed by atoms with Gasteiger partial charge in [-0.3, -0.25) is 0 Å². The van der Waals surface area contributed by atoms with Crippen LogP contribution in [-0.4, -0.2) is 24.8 Å². The van der Waals surface area contributed by atoms with E-state index in [1.807, 2.05) is 0 Å². The Balaban J connectivity index is 4.01. The van der Waals surface area contributed by atoms with E-state index in [-0.39, 0.29) is 5.60 Å². The molecule has 2 unspecified atom stereocenters. The van der Waals surface area contributed by atoms with E-state index in [0.717, 1.165) is 19.3 Å². The van der Waals surface area contributed by atoms with Gasteiger partial charge in [0.25, 0.3) is 0 Å². The van der Waals surface area contributed by atoms with Crippen molar-refractivity contribution in [3.8, 4) is 12.3 Å². The van der Waals surface area contributed by atoms with Gasteiger partial charge in [0.05, 0.1) is 5.60 Å². The van der Waals surface area contributed by atoms with Gasteiger partial charge in [-0.15, -0.1) is 12.3 Å². The number of terminal acetylenes is 1. The fourth-order valence-corrected chi connectivity index (χ4v) is 1.75. The standard InChI is InChI=1S/C13H25NO/c1-7-9-12(8-2)14-11(3)10-13(4,5)15-6/h1,11-12,14H,8-10H2,2-6H3. The summed E-state index contributed by atoms with van der Waals surface area (Å²) in [5, 5.41) is 3.54. The maximum atomic E-state index is 5.40. The molecule has 0 aliphatic carbocycles. The van der Waals surface area contributed by atoms with Crippen molar-refractivity contribution in [1.82, 2.24) is 5.32 Å². The van der Waals surface area contributed by atoms with Crippen molar-refractivity contribution in [2.75, 3.05) is 7.11 Å². The lowest BCUT2D eigenvalue weighted by atomic mass is 9.98. The number of nitrogens with one attached hydrogen (secondary N) is 1. The first-order valence-corrected chi connectivity index (χ1v) is 5.69. The Kier molecular flexibility index (Phi) is 6.63. The molecule has 0 rings (SSSR count). The van der Waals surface area contributed by atoms with E-state index in [0.29, 0.717) is 12.1 Å². The highest BCUT2D eigenvalue weighted by Gasteiger charge is 2.21. The van der Waals surface area contributed by atoms with Crippen molar-refractivity contribution in [1.29, 1.82) is 0 Å². The van der Waals surface area contributed by atoms with Crippen molar-refractivity contribution >= 4 is 0 Å². The highest BCUT2D eigenvalue weighted by atomic mass is 16.5. The van der Waals surface area contributed by atoms with Gasteiger partial charge in [-0.25, -0.2) is 0 Å². The largest absolute Gasteiger partial charge is 0.379 e. The van der Waals surface area contributed by atoms with Gasteiger partial charge in [0.15, 0.2) is 0 Å². The SMILES string of the molecule is C#CCC(CC)NC(C)CC(C)(C)OC. The molecule has 15 heavy (non-hydrogen) atoms. The fraction of sp³-hybridized carbons (Fsp3) is 0.846. The zero-order chi connectivity index (χ0) is 11.9. The second-order valence-electron chi connectivity index (χ2n) is 4.75. The molecule has 0 aliphatic heterocycles. The van der Waals surface area contributed by atoms with E-state index in [1.165, 1.54) is 0 Å². The molecule has 0 aromatic carbocycles. The molecule has 2 atom stereocenters. The quantitative estimate of drug-likeness (QED) is 0.654. The van der Waals surface area contributed by atoms with Gasteiger partial charge < -0.3 is 10.1 Å². The van der Waals surface area contributed by atoms with E-state index < -0.39 is 0 Å². The molecule has 0 bridgehead atoms. The second-order valence-corrected chi connectivity index (χ2v) is 4.75. The Hall–Kier alpha value is -0.520. The summed E-state index contributed by atoms with van der Waals surface area (Å²) in [5.41, 5.74) is -0.0686. The minimum absolute atomic E-state index is 0.0686. The van der Waals surface area contributed by atoms with Gasteiger partial charge in [0.2, 0.25) is 0 Å². The number of hydrogen-bond donors (Lipinski definition) is 1. The summed E-state index contributed by atoms with van der Waals surface area (Å²) >= 11 is 0. The molecular formula is C13H25NO. The van der Waals surface area contributed by atoms with Crippen LogP contribution in [-0.2, 0) is 4.74 Å². The molecule has 2 heteroatoms. The van der Waals surface area contributed by atoms with Gasteiger partial charge in [-0.1, -0.05) is 6.92 Å². The Bertz CT molecular complexity index is 205. The van der Waals surface area contributed by atoms with Crippen LogP contribution in [0.25, 0.3) is 0 Å². The number of ether oxygens (including phenoxy) is 1. The topological polar surface area (TPSA) is 21.3 Å². The third kappa shape index (κ3) is 6.54. The normalized spacial score (nSPS) is 15.7. The van der Waals surface area contributed by atoms with Crippen LogP contribution in [0.5, 0.6) is 0 Å². The molecule has 0 fully saturated rings. The predicted octanol–water partition coefficient (Wildman–Crippen LogP) is 2.58. The first-order chi connectivity index (χ1) is 6.95. The van der Waals surface area contributed by atoms with Crippen LogP contribution < -0.4 is 5.32 Å². The van der Waals surface area contributed by atoms with E-state index in [2.05, 4.69) is 38.9 Å². The number of rotatable bonds is 7. The molecule has 0 aliphatic rings. The molecule has 0 amide bonds. The highest BCUT2D eigenvalue weighted by Crippen LogP contribution is 2.16. The zero-order valence-electron chi connectivity index (χ0n) is 10.8. The lowest BCUT2D eigenvalue weighted by Gasteiger charge is -2.29. The van der Waals surface area contributed by atoms with Crippen LogP contribution in [0.3, 0.4) is 0 Å². The monoisotopic (exact) mass is 211 g/mol. The van der Waals surface area contributed by atoms with E-state index in [4.69, 9.17) is 11.2 Å². The summed E-state index contributed by atoms with van der Waals surface area (Å²) in [5.74, 6) is 2.71. The van der Waals surface area contributed by atoms with Crippen LogP contribution in [0.2, 0.25) is 0 Å². The van der Waals surface area contributed by atoms with Crippen LogP contribution in [0.1, 0.15) is 47.0 Å². The number of methoxy groups -OCH3 is 1. The smallest absolute Gasteiger partial charge is 0.0637 e. The number of hydrogen-bond acceptors (Lipinski definition) is 2. The summed E-state index contributed by atoms with van der Waals surface area (Å²) in [6.45, 7) is 8.55. The first-order valence-electron chi connectivity index (χ1n) is 5.69. The molecule has 0 heterocycles. The Morgan fingerprint density at radius 3 is 2.47 bits per heavy atom. The van der Waals surface area contributed by atoms with Gasteiger partial charge >= 0.3 is 0 Å². The van der Waals surface area contributed by atoms with Crippen LogP contribution in [0.4, 0.5) is 0 Å². The summed E-state index contributed by atoms with van der Waals surface area (Å²) in [7, 11) is 1.76. The Morgan fingerprint density at radius 1 is 1.47 bits per heavy atom. The van der Waals surface area contributed by atoms with Crippen LogP contribution >= 0.6 is 0 Å². The highest BCUT2D eigenvalue weighted by molar-refractivity contribution is 4.90. The molecule has 0 saturated heterocycles. The van der Waals surface area contributed by atoms with E-state index in [9.17, 15) is 0 Å². The average molecular weight is 211 g/mol.